The standard InChI is InChI=1S/C22H19N3O3S2/c23-30(27,28)18-8-4-5-15(11-18)14-24-21(26)13-22-25-19-10-9-17(12-20(19)29-22)16-6-2-1-3-7-16/h1-12H,13-14H2,(H,24,26)(H2,23,27,28). The van der Waals surface area contributed by atoms with Gasteiger partial charge in [0.05, 0.1) is 21.5 Å². The lowest BCUT2D eigenvalue weighted by Crippen LogP contribution is -2.24. The van der Waals surface area contributed by atoms with Crippen LogP contribution in [-0.4, -0.2) is 19.3 Å². The molecule has 0 aliphatic heterocycles. The summed E-state index contributed by atoms with van der Waals surface area (Å²) in [6.45, 7) is 0.214. The predicted octanol–water partition coefficient (Wildman–Crippen LogP) is 3.47. The number of carbonyl (C=O) groups excluding carboxylic acids is 1. The third kappa shape index (κ3) is 4.73. The molecule has 3 N–H and O–H groups in total. The van der Waals surface area contributed by atoms with Crippen LogP contribution in [-0.2, 0) is 27.8 Å². The smallest absolute Gasteiger partial charge is 0.238 e. The van der Waals surface area contributed by atoms with Crippen LogP contribution in [0.4, 0.5) is 0 Å². The Balaban J connectivity index is 1.43. The summed E-state index contributed by atoms with van der Waals surface area (Å²) in [5.74, 6) is -0.182. The van der Waals surface area contributed by atoms with Crippen LogP contribution in [0.3, 0.4) is 0 Å². The highest BCUT2D eigenvalue weighted by atomic mass is 32.2. The second-order valence-electron chi connectivity index (χ2n) is 6.80. The minimum Gasteiger partial charge on any atom is -0.352 e. The number of aromatic nitrogens is 1. The Kier molecular flexibility index (Phi) is 5.63. The normalized spacial score (nSPS) is 11.5. The number of nitrogens with one attached hydrogen (secondary N) is 1. The molecule has 1 heterocycles. The minimum absolute atomic E-state index is 0.0228. The summed E-state index contributed by atoms with van der Waals surface area (Å²) < 4.78 is 23.9. The van der Waals surface area contributed by atoms with Gasteiger partial charge in [-0.3, -0.25) is 4.79 Å². The number of benzene rings is 3. The van der Waals surface area contributed by atoms with Crippen LogP contribution < -0.4 is 10.5 Å². The Morgan fingerprint density at radius 3 is 2.53 bits per heavy atom. The second kappa shape index (κ2) is 8.35. The summed E-state index contributed by atoms with van der Waals surface area (Å²) in [5, 5.41) is 8.67. The molecule has 1 aromatic heterocycles. The van der Waals surface area contributed by atoms with Crippen LogP contribution in [0.1, 0.15) is 10.6 Å². The fraction of sp³-hybridized carbons (Fsp3) is 0.0909. The second-order valence-corrected chi connectivity index (χ2v) is 9.48. The van der Waals surface area contributed by atoms with E-state index in [-0.39, 0.29) is 23.8 Å². The fourth-order valence-corrected chi connectivity index (χ4v) is 4.68. The number of rotatable bonds is 6. The molecule has 0 aliphatic rings. The van der Waals surface area contributed by atoms with Crippen molar-refractivity contribution >= 4 is 37.5 Å². The highest BCUT2D eigenvalue weighted by Crippen LogP contribution is 2.28. The van der Waals surface area contributed by atoms with Crippen molar-refractivity contribution in [1.29, 1.82) is 0 Å². The van der Waals surface area contributed by atoms with Crippen molar-refractivity contribution in [1.82, 2.24) is 10.3 Å². The molecule has 0 saturated heterocycles. The van der Waals surface area contributed by atoms with E-state index >= 15 is 0 Å². The number of amides is 1. The Morgan fingerprint density at radius 1 is 0.967 bits per heavy atom. The number of fused-ring (bicyclic) bond motifs is 1. The van der Waals surface area contributed by atoms with E-state index < -0.39 is 10.0 Å². The van der Waals surface area contributed by atoms with Crippen LogP contribution in [0.25, 0.3) is 21.3 Å². The molecule has 0 bridgehead atoms. The van der Waals surface area contributed by atoms with Crippen molar-refractivity contribution in [2.24, 2.45) is 5.14 Å². The zero-order valence-electron chi connectivity index (χ0n) is 15.9. The third-order valence-corrected chi connectivity index (χ3v) is 6.50. The zero-order valence-corrected chi connectivity index (χ0v) is 17.5. The molecule has 4 aromatic rings. The minimum atomic E-state index is -3.77. The lowest BCUT2D eigenvalue weighted by atomic mass is 10.1. The van der Waals surface area contributed by atoms with Gasteiger partial charge in [0.25, 0.3) is 0 Å². The topological polar surface area (TPSA) is 102 Å². The van der Waals surface area contributed by atoms with Gasteiger partial charge in [-0.2, -0.15) is 0 Å². The van der Waals surface area contributed by atoms with E-state index in [9.17, 15) is 13.2 Å². The van der Waals surface area contributed by atoms with Gasteiger partial charge in [0, 0.05) is 6.54 Å². The van der Waals surface area contributed by atoms with E-state index in [0.29, 0.717) is 5.56 Å². The molecule has 0 unspecified atom stereocenters. The maximum atomic E-state index is 12.3. The molecular weight excluding hydrogens is 418 g/mol. The average molecular weight is 438 g/mol. The fourth-order valence-electron chi connectivity index (χ4n) is 3.09. The molecule has 0 saturated carbocycles. The Bertz CT molecular complexity index is 1320. The molecule has 1 amide bonds. The van der Waals surface area contributed by atoms with Crippen LogP contribution in [0.2, 0.25) is 0 Å². The van der Waals surface area contributed by atoms with Crippen LogP contribution in [0.15, 0.2) is 77.7 Å². The molecule has 0 spiro atoms. The highest BCUT2D eigenvalue weighted by molar-refractivity contribution is 7.89. The Hall–Kier alpha value is -3.07. The molecule has 4 rings (SSSR count). The van der Waals surface area contributed by atoms with E-state index in [2.05, 4.69) is 28.5 Å². The summed E-state index contributed by atoms with van der Waals surface area (Å²) in [7, 11) is -3.77. The maximum absolute atomic E-state index is 12.3. The quantitative estimate of drug-likeness (QED) is 0.482. The van der Waals surface area contributed by atoms with Crippen molar-refractivity contribution in [2.45, 2.75) is 17.9 Å². The summed E-state index contributed by atoms with van der Waals surface area (Å²) >= 11 is 1.49. The number of carbonyl (C=O) groups is 1. The van der Waals surface area contributed by atoms with Gasteiger partial charge in [0.15, 0.2) is 0 Å². The third-order valence-electron chi connectivity index (χ3n) is 4.57. The summed E-state index contributed by atoms with van der Waals surface area (Å²) in [4.78, 5) is 16.9. The molecule has 0 radical (unpaired) electrons. The molecule has 8 heteroatoms. The number of thiazole rings is 1. The van der Waals surface area contributed by atoms with Gasteiger partial charge in [-0.15, -0.1) is 11.3 Å². The van der Waals surface area contributed by atoms with E-state index in [1.807, 2.05) is 30.3 Å². The van der Waals surface area contributed by atoms with Crippen LogP contribution in [0, 0.1) is 0 Å². The van der Waals surface area contributed by atoms with Crippen molar-refractivity contribution in [3.63, 3.8) is 0 Å². The van der Waals surface area contributed by atoms with Gasteiger partial charge in [-0.25, -0.2) is 18.5 Å². The van der Waals surface area contributed by atoms with Gasteiger partial charge in [0.1, 0.15) is 5.01 Å². The first-order chi connectivity index (χ1) is 14.4. The summed E-state index contributed by atoms with van der Waals surface area (Å²) in [6, 6.07) is 22.4. The first-order valence-corrected chi connectivity index (χ1v) is 11.6. The van der Waals surface area contributed by atoms with Crippen molar-refractivity contribution in [3.05, 3.63) is 83.4 Å². The number of sulfonamides is 1. The zero-order chi connectivity index (χ0) is 21.1. The first kappa shape index (κ1) is 20.2. The average Bonchev–Trinajstić information content (AvgIpc) is 3.14. The highest BCUT2D eigenvalue weighted by Gasteiger charge is 2.11. The lowest BCUT2D eigenvalue weighted by molar-refractivity contribution is -0.120. The molecule has 3 aromatic carbocycles. The first-order valence-electron chi connectivity index (χ1n) is 9.22. The van der Waals surface area contributed by atoms with E-state index in [1.165, 1.54) is 23.5 Å². The SMILES string of the molecule is NS(=O)(=O)c1cccc(CNC(=O)Cc2nc3ccc(-c4ccccc4)cc3s2)c1. The van der Waals surface area contributed by atoms with Crippen LogP contribution >= 0.6 is 11.3 Å². The van der Waals surface area contributed by atoms with Crippen molar-refractivity contribution in [3.8, 4) is 11.1 Å². The van der Waals surface area contributed by atoms with E-state index in [4.69, 9.17) is 5.14 Å². The van der Waals surface area contributed by atoms with E-state index in [1.54, 1.807) is 12.1 Å². The van der Waals surface area contributed by atoms with Gasteiger partial charge >= 0.3 is 0 Å². The molecule has 0 aliphatic carbocycles. The van der Waals surface area contributed by atoms with Crippen LogP contribution in [0.5, 0.6) is 0 Å². The van der Waals surface area contributed by atoms with Gasteiger partial charge in [-0.05, 0) is 41.0 Å². The van der Waals surface area contributed by atoms with Crippen molar-refractivity contribution < 1.29 is 13.2 Å². The molecule has 0 fully saturated rings. The van der Waals surface area contributed by atoms with Gasteiger partial charge < -0.3 is 5.32 Å². The Labute approximate surface area is 178 Å². The van der Waals surface area contributed by atoms with E-state index in [0.717, 1.165) is 26.4 Å². The monoisotopic (exact) mass is 437 g/mol. The van der Waals surface area contributed by atoms with Crippen molar-refractivity contribution in [2.75, 3.05) is 0 Å². The number of nitrogens with two attached hydrogens (primary N) is 1. The number of nitrogens with zero attached hydrogens (tertiary/aromatic N) is 1. The number of hydrogen-bond donors (Lipinski definition) is 2. The molecular formula is C22H19N3O3S2. The molecule has 152 valence electrons. The number of hydrogen-bond acceptors (Lipinski definition) is 5. The van der Waals surface area contributed by atoms with Gasteiger partial charge in [-0.1, -0.05) is 48.5 Å². The molecule has 30 heavy (non-hydrogen) atoms. The van der Waals surface area contributed by atoms with Gasteiger partial charge in [0.2, 0.25) is 15.9 Å². The predicted molar refractivity (Wildman–Crippen MR) is 118 cm³/mol. The lowest BCUT2D eigenvalue weighted by Gasteiger charge is -2.06. The largest absolute Gasteiger partial charge is 0.352 e. The molecule has 0 atom stereocenters. The summed E-state index contributed by atoms with van der Waals surface area (Å²) in [5.41, 5.74) is 3.77. The number of primary sulfonamides is 1. The maximum Gasteiger partial charge on any atom is 0.238 e. The Morgan fingerprint density at radius 2 is 1.77 bits per heavy atom. The summed E-state index contributed by atoms with van der Waals surface area (Å²) in [6.07, 6.45) is 0.162. The molecule has 6 nitrogen and oxygen atoms in total.